The first-order valence-corrected chi connectivity index (χ1v) is 13.6. The molecule has 1 N–H and O–H groups in total. The fourth-order valence-corrected chi connectivity index (χ4v) is 5.80. The van der Waals surface area contributed by atoms with Crippen molar-refractivity contribution in [3.05, 3.63) is 88.4 Å². The zero-order chi connectivity index (χ0) is 24.8. The van der Waals surface area contributed by atoms with E-state index in [4.69, 9.17) is 16.3 Å². The number of fused-ring (bicyclic) bond motifs is 1. The Bertz CT molecular complexity index is 1290. The maximum Gasteiger partial charge on any atom is 0.262 e. The molecule has 0 fully saturated rings. The lowest BCUT2D eigenvalue weighted by atomic mass is 10.0. The Morgan fingerprint density at radius 1 is 1.06 bits per heavy atom. The molecule has 4 rings (SSSR count). The molecule has 0 saturated heterocycles. The van der Waals surface area contributed by atoms with E-state index >= 15 is 0 Å². The third kappa shape index (κ3) is 6.23. The molecule has 184 valence electrons. The Labute approximate surface area is 211 Å². The van der Waals surface area contributed by atoms with E-state index in [0.717, 1.165) is 24.8 Å². The number of sulfonamides is 1. The number of aryl methyl sites for hydroxylation is 1. The van der Waals surface area contributed by atoms with Crippen LogP contribution in [-0.4, -0.2) is 31.8 Å². The van der Waals surface area contributed by atoms with E-state index < -0.39 is 10.0 Å². The number of rotatable bonds is 9. The first-order valence-electron chi connectivity index (χ1n) is 11.7. The quantitative estimate of drug-likeness (QED) is 0.414. The first-order chi connectivity index (χ1) is 16.9. The van der Waals surface area contributed by atoms with Crippen LogP contribution in [0.25, 0.3) is 0 Å². The number of amides is 1. The Morgan fingerprint density at radius 3 is 2.51 bits per heavy atom. The summed E-state index contributed by atoms with van der Waals surface area (Å²) < 4.78 is 33.4. The van der Waals surface area contributed by atoms with E-state index in [0.29, 0.717) is 25.2 Å². The summed E-state index contributed by atoms with van der Waals surface area (Å²) in [4.78, 5) is 12.4. The highest BCUT2D eigenvalue weighted by Crippen LogP contribution is 2.31. The Balaban J connectivity index is 1.35. The highest BCUT2D eigenvalue weighted by Gasteiger charge is 2.28. The lowest BCUT2D eigenvalue weighted by molar-refractivity contribution is -0.118. The molecule has 6 nitrogen and oxygen atoms in total. The van der Waals surface area contributed by atoms with Gasteiger partial charge in [-0.05, 0) is 66.3 Å². The third-order valence-electron chi connectivity index (χ3n) is 6.05. The van der Waals surface area contributed by atoms with E-state index in [-0.39, 0.29) is 28.2 Å². The van der Waals surface area contributed by atoms with Crippen LogP contribution in [0, 0.1) is 0 Å². The van der Waals surface area contributed by atoms with Crippen molar-refractivity contribution in [1.82, 2.24) is 4.31 Å². The van der Waals surface area contributed by atoms with Gasteiger partial charge in [0, 0.05) is 18.8 Å². The van der Waals surface area contributed by atoms with Crippen LogP contribution in [0.4, 0.5) is 5.69 Å². The summed E-state index contributed by atoms with van der Waals surface area (Å²) >= 11 is 6.32. The predicted octanol–water partition coefficient (Wildman–Crippen LogP) is 5.45. The standard InChI is InChI=1S/C27H29ClN2O4S/c1-2-3-6-20-9-11-23(12-10-20)29-27(31)19-34-26-14-13-24(17-25(26)28)35(32,33)30-16-15-21-7-4-5-8-22(21)18-30/h4-5,7-14,17H,2-3,6,15-16,18-19H2,1H3,(H,29,31). The minimum Gasteiger partial charge on any atom is -0.482 e. The molecule has 0 spiro atoms. The molecule has 1 aliphatic heterocycles. The second-order valence-corrected chi connectivity index (χ2v) is 10.9. The molecule has 0 radical (unpaired) electrons. The first kappa shape index (κ1) is 25.2. The van der Waals surface area contributed by atoms with Crippen molar-refractivity contribution in [2.45, 2.75) is 44.0 Å². The van der Waals surface area contributed by atoms with Gasteiger partial charge in [-0.3, -0.25) is 4.79 Å². The number of hydrogen-bond acceptors (Lipinski definition) is 4. The molecular formula is C27H29ClN2O4S. The van der Waals surface area contributed by atoms with Crippen molar-refractivity contribution >= 4 is 33.2 Å². The smallest absolute Gasteiger partial charge is 0.262 e. The molecule has 0 saturated carbocycles. The van der Waals surface area contributed by atoms with Gasteiger partial charge in [0.25, 0.3) is 5.91 Å². The maximum absolute atomic E-state index is 13.2. The molecule has 3 aromatic carbocycles. The van der Waals surface area contributed by atoms with Crippen molar-refractivity contribution < 1.29 is 17.9 Å². The van der Waals surface area contributed by atoms with Gasteiger partial charge < -0.3 is 10.1 Å². The average molecular weight is 513 g/mol. The Hall–Kier alpha value is -2.87. The molecule has 3 aromatic rings. The predicted molar refractivity (Wildman–Crippen MR) is 138 cm³/mol. The van der Waals surface area contributed by atoms with Crippen LogP contribution in [0.5, 0.6) is 5.75 Å². The fraction of sp³-hybridized carbons (Fsp3) is 0.296. The van der Waals surface area contributed by atoms with Crippen molar-refractivity contribution in [2.75, 3.05) is 18.5 Å². The lowest BCUT2D eigenvalue weighted by Gasteiger charge is -2.28. The van der Waals surface area contributed by atoms with Crippen LogP contribution in [0.15, 0.2) is 71.6 Å². The molecule has 0 atom stereocenters. The molecule has 0 aromatic heterocycles. The van der Waals surface area contributed by atoms with Crippen molar-refractivity contribution in [3.8, 4) is 5.75 Å². The zero-order valence-corrected chi connectivity index (χ0v) is 21.2. The molecule has 8 heteroatoms. The topological polar surface area (TPSA) is 75.7 Å². The van der Waals surface area contributed by atoms with E-state index in [1.54, 1.807) is 0 Å². The largest absolute Gasteiger partial charge is 0.482 e. The third-order valence-corrected chi connectivity index (χ3v) is 8.19. The summed E-state index contributed by atoms with van der Waals surface area (Å²) in [6, 6.07) is 19.9. The van der Waals surface area contributed by atoms with Gasteiger partial charge in [0.05, 0.1) is 9.92 Å². The molecule has 0 unspecified atom stereocenters. The van der Waals surface area contributed by atoms with Crippen molar-refractivity contribution in [3.63, 3.8) is 0 Å². The number of carbonyl (C=O) groups excluding carboxylic acids is 1. The number of hydrogen-bond donors (Lipinski definition) is 1. The van der Waals surface area contributed by atoms with Gasteiger partial charge in [0.2, 0.25) is 10.0 Å². The summed E-state index contributed by atoms with van der Waals surface area (Å²) in [7, 11) is -3.71. The van der Waals surface area contributed by atoms with Gasteiger partial charge in [0.1, 0.15) is 5.75 Å². The summed E-state index contributed by atoms with van der Waals surface area (Å²) in [5.74, 6) is -0.0780. The number of ether oxygens (including phenoxy) is 1. The van der Waals surface area contributed by atoms with Crippen LogP contribution in [-0.2, 0) is 34.2 Å². The number of nitrogens with zero attached hydrogens (tertiary/aromatic N) is 1. The molecule has 0 bridgehead atoms. The minimum atomic E-state index is -3.71. The number of carbonyl (C=O) groups is 1. The summed E-state index contributed by atoms with van der Waals surface area (Å²) in [5.41, 5.74) is 4.10. The number of halogens is 1. The van der Waals surface area contributed by atoms with Gasteiger partial charge in [-0.1, -0.05) is 61.3 Å². The van der Waals surface area contributed by atoms with E-state index in [1.807, 2.05) is 48.5 Å². The number of benzene rings is 3. The Kier molecular flexibility index (Phi) is 8.11. The minimum absolute atomic E-state index is 0.0989. The average Bonchev–Trinajstić information content (AvgIpc) is 2.87. The van der Waals surface area contributed by atoms with Crippen LogP contribution in [0.1, 0.15) is 36.5 Å². The molecule has 35 heavy (non-hydrogen) atoms. The van der Waals surface area contributed by atoms with Crippen LogP contribution >= 0.6 is 11.6 Å². The van der Waals surface area contributed by atoms with Crippen LogP contribution in [0.3, 0.4) is 0 Å². The van der Waals surface area contributed by atoms with Gasteiger partial charge in [-0.2, -0.15) is 4.31 Å². The molecular weight excluding hydrogens is 484 g/mol. The highest BCUT2D eigenvalue weighted by atomic mass is 35.5. The monoisotopic (exact) mass is 512 g/mol. The fourth-order valence-electron chi connectivity index (χ4n) is 4.06. The number of nitrogens with one attached hydrogen (secondary N) is 1. The van der Waals surface area contributed by atoms with Gasteiger partial charge in [-0.25, -0.2) is 8.42 Å². The van der Waals surface area contributed by atoms with E-state index in [9.17, 15) is 13.2 Å². The maximum atomic E-state index is 13.2. The van der Waals surface area contributed by atoms with Gasteiger partial charge in [-0.15, -0.1) is 0 Å². The molecule has 1 amide bonds. The lowest BCUT2D eigenvalue weighted by Crippen LogP contribution is -2.35. The molecule has 1 aliphatic rings. The SMILES string of the molecule is CCCCc1ccc(NC(=O)COc2ccc(S(=O)(=O)N3CCc4ccccc4C3)cc2Cl)cc1. The van der Waals surface area contributed by atoms with Gasteiger partial charge in [0.15, 0.2) is 6.61 Å². The molecule has 1 heterocycles. The highest BCUT2D eigenvalue weighted by molar-refractivity contribution is 7.89. The van der Waals surface area contributed by atoms with Crippen LogP contribution < -0.4 is 10.1 Å². The second-order valence-electron chi connectivity index (χ2n) is 8.59. The van der Waals surface area contributed by atoms with Crippen molar-refractivity contribution in [2.24, 2.45) is 0 Å². The number of unbranched alkanes of at least 4 members (excludes halogenated alkanes) is 1. The summed E-state index contributed by atoms with van der Waals surface area (Å²) in [6.07, 6.45) is 3.95. The number of anilines is 1. The normalized spacial score (nSPS) is 13.8. The second kappa shape index (κ2) is 11.2. The van der Waals surface area contributed by atoms with Gasteiger partial charge >= 0.3 is 0 Å². The van der Waals surface area contributed by atoms with E-state index in [2.05, 4.69) is 12.2 Å². The Morgan fingerprint density at radius 2 is 1.80 bits per heavy atom. The van der Waals surface area contributed by atoms with Crippen LogP contribution in [0.2, 0.25) is 5.02 Å². The zero-order valence-electron chi connectivity index (χ0n) is 19.7. The summed E-state index contributed by atoms with van der Waals surface area (Å²) in [5, 5.41) is 2.93. The van der Waals surface area contributed by atoms with Crippen molar-refractivity contribution in [1.29, 1.82) is 0 Å². The molecule has 0 aliphatic carbocycles. The summed E-state index contributed by atoms with van der Waals surface area (Å²) in [6.45, 7) is 2.65. The van der Waals surface area contributed by atoms with E-state index in [1.165, 1.54) is 33.6 Å².